The van der Waals surface area contributed by atoms with E-state index in [1.807, 2.05) is 49.4 Å². The number of aromatic carboxylic acids is 1. The second kappa shape index (κ2) is 6.93. The second-order valence-electron chi connectivity index (χ2n) is 6.25. The number of pyridine rings is 1. The molecule has 1 aromatic heterocycles. The van der Waals surface area contributed by atoms with Gasteiger partial charge in [0.2, 0.25) is 0 Å². The van der Waals surface area contributed by atoms with Crippen LogP contribution in [0.1, 0.15) is 42.6 Å². The molecule has 2 aromatic carbocycles. The third-order valence-electron chi connectivity index (χ3n) is 4.19. The summed E-state index contributed by atoms with van der Waals surface area (Å²) in [7, 11) is 0. The molecule has 0 bridgehead atoms. The van der Waals surface area contributed by atoms with Gasteiger partial charge in [-0.15, -0.1) is 0 Å². The van der Waals surface area contributed by atoms with Crippen molar-refractivity contribution in [3.05, 3.63) is 59.7 Å². The molecule has 4 nitrogen and oxygen atoms in total. The van der Waals surface area contributed by atoms with Crippen LogP contribution in [0.15, 0.2) is 48.5 Å². The molecule has 0 radical (unpaired) electrons. The lowest BCUT2D eigenvalue weighted by atomic mass is 9.97. The summed E-state index contributed by atoms with van der Waals surface area (Å²) in [6.07, 6.45) is 0. The van der Waals surface area contributed by atoms with Crippen LogP contribution in [0.2, 0.25) is 0 Å². The minimum atomic E-state index is -0.944. The molecule has 0 atom stereocenters. The van der Waals surface area contributed by atoms with Crippen molar-refractivity contribution in [2.24, 2.45) is 0 Å². The minimum Gasteiger partial charge on any atom is -0.494 e. The monoisotopic (exact) mass is 335 g/mol. The molecule has 0 aliphatic heterocycles. The Morgan fingerprint density at radius 3 is 2.44 bits per heavy atom. The maximum absolute atomic E-state index is 11.8. The van der Waals surface area contributed by atoms with Crippen LogP contribution in [0.5, 0.6) is 5.75 Å². The Bertz CT molecular complexity index is 914. The van der Waals surface area contributed by atoms with Crippen molar-refractivity contribution in [1.82, 2.24) is 4.98 Å². The van der Waals surface area contributed by atoms with Crippen LogP contribution in [-0.4, -0.2) is 22.7 Å². The third-order valence-corrected chi connectivity index (χ3v) is 4.19. The van der Waals surface area contributed by atoms with Crippen molar-refractivity contribution < 1.29 is 14.6 Å². The zero-order valence-electron chi connectivity index (χ0n) is 14.6. The lowest BCUT2D eigenvalue weighted by molar-refractivity contribution is 0.0699. The molecule has 0 unspecified atom stereocenters. The summed E-state index contributed by atoms with van der Waals surface area (Å²) in [5, 5.41) is 10.3. The zero-order valence-corrected chi connectivity index (χ0v) is 14.6. The largest absolute Gasteiger partial charge is 0.494 e. The molecule has 25 heavy (non-hydrogen) atoms. The van der Waals surface area contributed by atoms with E-state index in [0.717, 1.165) is 16.9 Å². The van der Waals surface area contributed by atoms with Crippen molar-refractivity contribution in [3.8, 4) is 17.0 Å². The van der Waals surface area contributed by atoms with E-state index in [9.17, 15) is 9.90 Å². The van der Waals surface area contributed by atoms with E-state index in [0.29, 0.717) is 29.1 Å². The fraction of sp³-hybridized carbons (Fsp3) is 0.238. The highest BCUT2D eigenvalue weighted by Gasteiger charge is 2.14. The number of carboxylic acids is 1. The molecule has 0 fully saturated rings. The number of aromatic nitrogens is 1. The highest BCUT2D eigenvalue weighted by atomic mass is 16.5. The zero-order chi connectivity index (χ0) is 18.0. The average molecular weight is 335 g/mol. The van der Waals surface area contributed by atoms with E-state index in [2.05, 4.69) is 18.8 Å². The summed E-state index contributed by atoms with van der Waals surface area (Å²) in [5.74, 6) is 0.171. The Morgan fingerprint density at radius 2 is 1.84 bits per heavy atom. The fourth-order valence-corrected chi connectivity index (χ4v) is 2.82. The topological polar surface area (TPSA) is 59.4 Å². The number of carboxylic acid groups (broad SMARTS) is 1. The number of benzene rings is 2. The molecule has 0 aliphatic carbocycles. The van der Waals surface area contributed by atoms with Crippen molar-refractivity contribution in [2.45, 2.75) is 26.7 Å². The van der Waals surface area contributed by atoms with Gasteiger partial charge in [-0.1, -0.05) is 19.9 Å². The first-order chi connectivity index (χ1) is 12.0. The predicted octanol–water partition coefficient (Wildman–Crippen LogP) is 5.12. The molecule has 1 N–H and O–H groups in total. The highest BCUT2D eigenvalue weighted by molar-refractivity contribution is 6.04. The van der Waals surface area contributed by atoms with E-state index < -0.39 is 5.97 Å². The van der Waals surface area contributed by atoms with Crippen molar-refractivity contribution in [2.75, 3.05) is 6.61 Å². The lowest BCUT2D eigenvalue weighted by Crippen LogP contribution is -2.01. The van der Waals surface area contributed by atoms with E-state index in [-0.39, 0.29) is 5.56 Å². The summed E-state index contributed by atoms with van der Waals surface area (Å²) >= 11 is 0. The van der Waals surface area contributed by atoms with Crippen LogP contribution in [0.4, 0.5) is 0 Å². The predicted molar refractivity (Wildman–Crippen MR) is 99.4 cm³/mol. The molecule has 0 aliphatic rings. The van der Waals surface area contributed by atoms with Crippen molar-refractivity contribution in [3.63, 3.8) is 0 Å². The van der Waals surface area contributed by atoms with E-state index >= 15 is 0 Å². The summed E-state index contributed by atoms with van der Waals surface area (Å²) in [6, 6.07) is 15.0. The van der Waals surface area contributed by atoms with Gasteiger partial charge in [0.15, 0.2) is 0 Å². The fourth-order valence-electron chi connectivity index (χ4n) is 2.82. The first kappa shape index (κ1) is 17.0. The third kappa shape index (κ3) is 3.48. The number of fused-ring (bicyclic) bond motifs is 1. The highest BCUT2D eigenvalue weighted by Crippen LogP contribution is 2.28. The molecule has 0 saturated carbocycles. The van der Waals surface area contributed by atoms with Gasteiger partial charge in [-0.2, -0.15) is 0 Å². The Kier molecular flexibility index (Phi) is 4.70. The molecule has 0 amide bonds. The summed E-state index contributed by atoms with van der Waals surface area (Å²) < 4.78 is 5.45. The minimum absolute atomic E-state index is 0.274. The first-order valence-electron chi connectivity index (χ1n) is 8.40. The first-order valence-corrected chi connectivity index (χ1v) is 8.40. The number of hydrogen-bond donors (Lipinski definition) is 1. The Balaban J connectivity index is 2.13. The Labute approximate surface area is 147 Å². The second-order valence-corrected chi connectivity index (χ2v) is 6.25. The van der Waals surface area contributed by atoms with Crippen LogP contribution >= 0.6 is 0 Å². The standard InChI is InChI=1S/C21H21NO3/c1-4-25-16-8-5-14(6-9-16)20-12-18(21(23)24)17-11-15(13(2)3)7-10-19(17)22-20/h5-13H,4H2,1-3H3,(H,23,24). The van der Waals surface area contributed by atoms with Crippen LogP contribution in [0.25, 0.3) is 22.2 Å². The van der Waals surface area contributed by atoms with Crippen LogP contribution in [-0.2, 0) is 0 Å². The molecule has 1 heterocycles. The molecule has 0 spiro atoms. The SMILES string of the molecule is CCOc1ccc(-c2cc(C(=O)O)c3cc(C(C)C)ccc3n2)cc1. The number of hydrogen-bond acceptors (Lipinski definition) is 3. The van der Waals surface area contributed by atoms with Crippen molar-refractivity contribution in [1.29, 1.82) is 0 Å². The summed E-state index contributed by atoms with van der Waals surface area (Å²) in [5.41, 5.74) is 3.57. The molecule has 3 rings (SSSR count). The molecule has 4 heteroatoms. The number of rotatable bonds is 5. The van der Waals surface area contributed by atoms with Crippen molar-refractivity contribution >= 4 is 16.9 Å². The van der Waals surface area contributed by atoms with Gasteiger partial charge in [0.1, 0.15) is 5.75 Å². The Morgan fingerprint density at radius 1 is 1.12 bits per heavy atom. The van der Waals surface area contributed by atoms with Gasteiger partial charge in [0.05, 0.1) is 23.4 Å². The van der Waals surface area contributed by atoms with E-state index in [1.165, 1.54) is 0 Å². The van der Waals surface area contributed by atoms with E-state index in [1.54, 1.807) is 6.07 Å². The Hall–Kier alpha value is -2.88. The number of carbonyl (C=O) groups is 1. The van der Waals surface area contributed by atoms with Gasteiger partial charge in [0, 0.05) is 10.9 Å². The molecular weight excluding hydrogens is 314 g/mol. The molecule has 0 saturated heterocycles. The average Bonchev–Trinajstić information content (AvgIpc) is 2.61. The molecule has 128 valence electrons. The smallest absolute Gasteiger partial charge is 0.336 e. The van der Waals surface area contributed by atoms with Crippen LogP contribution < -0.4 is 4.74 Å². The van der Waals surface area contributed by atoms with Gasteiger partial charge in [-0.25, -0.2) is 9.78 Å². The molecule has 3 aromatic rings. The van der Waals surface area contributed by atoms with Gasteiger partial charge in [-0.05, 0) is 60.9 Å². The van der Waals surface area contributed by atoms with Crippen LogP contribution in [0, 0.1) is 0 Å². The van der Waals surface area contributed by atoms with Gasteiger partial charge in [-0.3, -0.25) is 0 Å². The van der Waals surface area contributed by atoms with Gasteiger partial charge in [0.25, 0.3) is 0 Å². The maximum atomic E-state index is 11.8. The van der Waals surface area contributed by atoms with Gasteiger partial charge < -0.3 is 9.84 Å². The molecular formula is C21H21NO3. The van der Waals surface area contributed by atoms with E-state index in [4.69, 9.17) is 4.74 Å². The lowest BCUT2D eigenvalue weighted by Gasteiger charge is -2.11. The quantitative estimate of drug-likeness (QED) is 0.703. The summed E-state index contributed by atoms with van der Waals surface area (Å²) in [4.78, 5) is 16.4. The van der Waals surface area contributed by atoms with Gasteiger partial charge >= 0.3 is 5.97 Å². The normalized spacial score (nSPS) is 11.0. The van der Waals surface area contributed by atoms with Crippen LogP contribution in [0.3, 0.4) is 0 Å². The maximum Gasteiger partial charge on any atom is 0.336 e. The number of nitrogens with zero attached hydrogens (tertiary/aromatic N) is 1. The number of ether oxygens (including phenoxy) is 1. The summed E-state index contributed by atoms with van der Waals surface area (Å²) in [6.45, 7) is 6.71.